The highest BCUT2D eigenvalue weighted by atomic mass is 16.1. The van der Waals surface area contributed by atoms with Crippen molar-refractivity contribution in [1.29, 1.82) is 5.41 Å². The van der Waals surface area contributed by atoms with Crippen molar-refractivity contribution >= 4 is 29.1 Å². The quantitative estimate of drug-likeness (QED) is 0.401. The molecule has 2 aromatic rings. The molecular weight excluding hydrogens is 344 g/mol. The van der Waals surface area contributed by atoms with Gasteiger partial charge in [0.2, 0.25) is 0 Å². The number of nitrogens with two attached hydrogens (primary N) is 2. The molecule has 0 bridgehead atoms. The van der Waals surface area contributed by atoms with E-state index in [9.17, 15) is 4.79 Å². The first-order valence-corrected chi connectivity index (χ1v) is 8.10. The van der Waals surface area contributed by atoms with Gasteiger partial charge in [-0.05, 0) is 38.8 Å². The third-order valence-electron chi connectivity index (χ3n) is 3.33. The van der Waals surface area contributed by atoms with E-state index in [2.05, 4.69) is 37.4 Å². The minimum atomic E-state index is -0.346. The Morgan fingerprint density at radius 3 is 2.48 bits per heavy atom. The summed E-state index contributed by atoms with van der Waals surface area (Å²) in [5.41, 5.74) is 12.3. The zero-order valence-corrected chi connectivity index (χ0v) is 15.6. The van der Waals surface area contributed by atoms with E-state index in [0.717, 1.165) is 0 Å². The Morgan fingerprint density at radius 2 is 1.89 bits per heavy atom. The van der Waals surface area contributed by atoms with Gasteiger partial charge in [-0.3, -0.25) is 10.2 Å². The molecule has 0 fully saturated rings. The van der Waals surface area contributed by atoms with Gasteiger partial charge in [-0.1, -0.05) is 5.92 Å². The van der Waals surface area contributed by atoms with Gasteiger partial charge in [0.15, 0.2) is 0 Å². The molecule has 9 heteroatoms. The minimum absolute atomic E-state index is 0.0605. The lowest BCUT2D eigenvalue weighted by atomic mass is 10.1. The number of hydrogen-bond acceptors (Lipinski definition) is 8. The predicted molar refractivity (Wildman–Crippen MR) is 106 cm³/mol. The topological polar surface area (TPSA) is 156 Å². The first-order valence-electron chi connectivity index (χ1n) is 8.10. The van der Waals surface area contributed by atoms with Crippen molar-refractivity contribution in [3.63, 3.8) is 0 Å². The van der Waals surface area contributed by atoms with Crippen LogP contribution in [0.3, 0.4) is 0 Å². The van der Waals surface area contributed by atoms with E-state index in [0.29, 0.717) is 16.9 Å². The van der Waals surface area contributed by atoms with Crippen molar-refractivity contribution in [3.05, 3.63) is 35.3 Å². The van der Waals surface area contributed by atoms with Crippen LogP contribution in [0.2, 0.25) is 0 Å². The van der Waals surface area contributed by atoms with Crippen molar-refractivity contribution in [2.75, 3.05) is 23.8 Å². The van der Waals surface area contributed by atoms with Crippen molar-refractivity contribution in [1.82, 2.24) is 20.3 Å². The highest BCUT2D eigenvalue weighted by molar-refractivity contribution is 6.16. The second-order valence-corrected chi connectivity index (χ2v) is 6.69. The van der Waals surface area contributed by atoms with Crippen LogP contribution in [0.1, 0.15) is 42.4 Å². The average Bonchev–Trinajstić information content (AvgIpc) is 2.58. The summed E-state index contributed by atoms with van der Waals surface area (Å²) in [7, 11) is 1.50. The van der Waals surface area contributed by atoms with Gasteiger partial charge in [-0.2, -0.15) is 0 Å². The number of amides is 1. The molecule has 0 aromatic carbocycles. The molecule has 0 aliphatic rings. The molecule has 1 amide bonds. The maximum absolute atomic E-state index is 11.6. The molecule has 0 aliphatic heterocycles. The molecule has 2 rings (SSSR count). The van der Waals surface area contributed by atoms with Crippen LogP contribution in [0.5, 0.6) is 0 Å². The third-order valence-corrected chi connectivity index (χ3v) is 3.33. The first kappa shape index (κ1) is 19.7. The van der Waals surface area contributed by atoms with Crippen molar-refractivity contribution < 1.29 is 4.79 Å². The Hall–Kier alpha value is -3.67. The van der Waals surface area contributed by atoms with Crippen LogP contribution in [-0.4, -0.2) is 39.2 Å². The second kappa shape index (κ2) is 7.70. The summed E-state index contributed by atoms with van der Waals surface area (Å²) >= 11 is 0. The summed E-state index contributed by atoms with van der Waals surface area (Å²) in [4.78, 5) is 23.7. The SMILES string of the molecule is CNC(=O)c1ccc(C#CC(=N)c2c(N)ncnc2NC(C)(C)C)c(N)n1. The van der Waals surface area contributed by atoms with Crippen LogP contribution in [0.25, 0.3) is 0 Å². The lowest BCUT2D eigenvalue weighted by Gasteiger charge is -2.23. The number of anilines is 3. The van der Waals surface area contributed by atoms with Gasteiger partial charge in [0.25, 0.3) is 5.91 Å². The van der Waals surface area contributed by atoms with E-state index in [1.54, 1.807) is 6.07 Å². The Bertz CT molecular complexity index is 950. The molecule has 0 saturated heterocycles. The number of pyridine rings is 1. The van der Waals surface area contributed by atoms with E-state index in [-0.39, 0.29) is 34.5 Å². The summed E-state index contributed by atoms with van der Waals surface area (Å²) in [6.45, 7) is 5.89. The summed E-state index contributed by atoms with van der Waals surface area (Å²) < 4.78 is 0. The standard InChI is InChI=1S/C18H22N8O/c1-18(2,3)26-16-13(15(21)23-9-24-16)11(19)7-5-10-6-8-12(17(27)22-4)25-14(10)20/h6,8-9,19H,1-4H3,(H2,20,25)(H,22,27)(H3,21,23,24,26). The number of nitrogens with one attached hydrogen (secondary N) is 3. The zero-order valence-electron chi connectivity index (χ0n) is 15.6. The van der Waals surface area contributed by atoms with E-state index < -0.39 is 0 Å². The lowest BCUT2D eigenvalue weighted by molar-refractivity contribution is 0.0958. The molecule has 2 heterocycles. The van der Waals surface area contributed by atoms with Crippen molar-refractivity contribution in [2.45, 2.75) is 26.3 Å². The number of aromatic nitrogens is 3. The number of rotatable bonds is 3. The molecule has 0 radical (unpaired) electrons. The normalized spacial score (nSPS) is 10.5. The molecule has 7 N–H and O–H groups in total. The van der Waals surface area contributed by atoms with E-state index in [1.807, 2.05) is 20.8 Å². The number of carbonyl (C=O) groups is 1. The number of hydrogen-bond donors (Lipinski definition) is 5. The number of carbonyl (C=O) groups excluding carboxylic acids is 1. The van der Waals surface area contributed by atoms with Crippen LogP contribution in [-0.2, 0) is 0 Å². The summed E-state index contributed by atoms with van der Waals surface area (Å²) in [6.07, 6.45) is 1.33. The van der Waals surface area contributed by atoms with Gasteiger partial charge in [-0.25, -0.2) is 15.0 Å². The Morgan fingerprint density at radius 1 is 1.19 bits per heavy atom. The monoisotopic (exact) mass is 366 g/mol. The van der Waals surface area contributed by atoms with Gasteiger partial charge < -0.3 is 22.1 Å². The summed E-state index contributed by atoms with van der Waals surface area (Å²) in [5, 5.41) is 13.9. The maximum atomic E-state index is 11.6. The Labute approximate surface area is 157 Å². The van der Waals surface area contributed by atoms with Crippen LogP contribution in [0.4, 0.5) is 17.5 Å². The molecular formula is C18H22N8O. The van der Waals surface area contributed by atoms with Gasteiger partial charge in [0.05, 0.1) is 11.1 Å². The number of nitrogens with zero attached hydrogens (tertiary/aromatic N) is 3. The fourth-order valence-corrected chi connectivity index (χ4v) is 2.12. The zero-order chi connectivity index (χ0) is 20.2. The summed E-state index contributed by atoms with van der Waals surface area (Å²) in [5.74, 6) is 5.81. The second-order valence-electron chi connectivity index (χ2n) is 6.69. The molecule has 2 aromatic heterocycles. The highest BCUT2D eigenvalue weighted by Gasteiger charge is 2.18. The van der Waals surface area contributed by atoms with Crippen molar-refractivity contribution in [2.24, 2.45) is 0 Å². The molecule has 27 heavy (non-hydrogen) atoms. The molecule has 140 valence electrons. The van der Waals surface area contributed by atoms with Gasteiger partial charge in [0.1, 0.15) is 35.2 Å². The molecule has 9 nitrogen and oxygen atoms in total. The van der Waals surface area contributed by atoms with E-state index >= 15 is 0 Å². The number of nitrogen functional groups attached to an aromatic ring is 2. The lowest BCUT2D eigenvalue weighted by Crippen LogP contribution is -2.28. The molecule has 0 unspecified atom stereocenters. The smallest absolute Gasteiger partial charge is 0.269 e. The van der Waals surface area contributed by atoms with Gasteiger partial charge >= 0.3 is 0 Å². The molecule has 0 saturated carbocycles. The first-order chi connectivity index (χ1) is 12.6. The molecule has 0 atom stereocenters. The fraction of sp³-hybridized carbons (Fsp3) is 0.278. The maximum Gasteiger partial charge on any atom is 0.269 e. The van der Waals surface area contributed by atoms with Gasteiger partial charge in [0, 0.05) is 12.6 Å². The van der Waals surface area contributed by atoms with Crippen molar-refractivity contribution in [3.8, 4) is 11.8 Å². The minimum Gasteiger partial charge on any atom is -0.383 e. The average molecular weight is 366 g/mol. The van der Waals surface area contributed by atoms with E-state index in [1.165, 1.54) is 19.4 Å². The third kappa shape index (κ3) is 4.92. The Kier molecular flexibility index (Phi) is 5.60. The Balaban J connectivity index is 2.36. The van der Waals surface area contributed by atoms with Crippen LogP contribution >= 0.6 is 0 Å². The van der Waals surface area contributed by atoms with Crippen LogP contribution < -0.4 is 22.1 Å². The highest BCUT2D eigenvalue weighted by Crippen LogP contribution is 2.21. The van der Waals surface area contributed by atoms with Crippen LogP contribution in [0, 0.1) is 17.3 Å². The molecule has 0 aliphatic carbocycles. The molecule has 0 spiro atoms. The van der Waals surface area contributed by atoms with Crippen LogP contribution in [0.15, 0.2) is 18.5 Å². The largest absolute Gasteiger partial charge is 0.383 e. The van der Waals surface area contributed by atoms with E-state index in [4.69, 9.17) is 16.9 Å². The fourth-order valence-electron chi connectivity index (χ4n) is 2.12. The van der Waals surface area contributed by atoms with Gasteiger partial charge in [-0.15, -0.1) is 0 Å². The summed E-state index contributed by atoms with van der Waals surface area (Å²) in [6, 6.07) is 3.09. The predicted octanol–water partition coefficient (Wildman–Crippen LogP) is 1.03.